The lowest BCUT2D eigenvalue weighted by Gasteiger charge is -2.11. The minimum atomic E-state index is 0. The molecule has 1 aromatic carbocycles. The molecule has 0 aliphatic rings. The summed E-state index contributed by atoms with van der Waals surface area (Å²) in [5.74, 6) is 0. The Morgan fingerprint density at radius 2 is 1.77 bits per heavy atom. The minimum Gasteiger partial charge on any atom is -0.358 e. The van der Waals surface area contributed by atoms with Crippen LogP contribution < -0.4 is 5.32 Å². The maximum absolute atomic E-state index is 4.67. The van der Waals surface area contributed by atoms with Gasteiger partial charge in [-0.05, 0) is 36.1 Å². The molecule has 3 aromatic rings. The number of unbranched alkanes of at least 4 members (excludes halogenated alkanes) is 3. The molecule has 0 aliphatic carbocycles. The second-order valence-corrected chi connectivity index (χ2v) is 8.15. The number of benzene rings is 1. The Labute approximate surface area is 193 Å². The summed E-state index contributed by atoms with van der Waals surface area (Å²) in [4.78, 5) is 8.82. The van der Waals surface area contributed by atoms with Gasteiger partial charge >= 0.3 is 0 Å². The van der Waals surface area contributed by atoms with Crippen molar-refractivity contribution in [3.05, 3.63) is 89.8 Å². The van der Waals surface area contributed by atoms with E-state index in [1.807, 2.05) is 37.6 Å². The first-order chi connectivity index (χ1) is 15.2. The summed E-state index contributed by atoms with van der Waals surface area (Å²) in [6.45, 7) is 14.5. The zero-order valence-corrected chi connectivity index (χ0v) is 20.0. The first-order valence-corrected chi connectivity index (χ1v) is 12.1. The molecule has 0 spiro atoms. The van der Waals surface area contributed by atoms with Crippen LogP contribution in [0.5, 0.6) is 0 Å². The summed E-state index contributed by atoms with van der Waals surface area (Å²) in [6.07, 6.45) is 10.7. The zero-order chi connectivity index (χ0) is 22.5. The van der Waals surface area contributed by atoms with Crippen LogP contribution in [0.2, 0.25) is 0 Å². The van der Waals surface area contributed by atoms with Crippen molar-refractivity contribution in [3.63, 3.8) is 0 Å². The highest BCUT2D eigenvalue weighted by atomic mass is 32.1. The van der Waals surface area contributed by atoms with Crippen molar-refractivity contribution in [3.8, 4) is 10.6 Å². The SMILES string of the molecule is C=C(Cc1ccc(CCCCCC)cc1)NC(=C)c1csc(-c2cccnc2)n1.CC.[HH]. The van der Waals surface area contributed by atoms with Gasteiger partial charge in [0, 0.05) is 36.9 Å². The highest BCUT2D eigenvalue weighted by molar-refractivity contribution is 7.13. The summed E-state index contributed by atoms with van der Waals surface area (Å²) in [6, 6.07) is 12.8. The fourth-order valence-electron chi connectivity index (χ4n) is 3.18. The van der Waals surface area contributed by atoms with Crippen molar-refractivity contribution in [2.75, 3.05) is 0 Å². The van der Waals surface area contributed by atoms with Crippen LogP contribution in [-0.4, -0.2) is 9.97 Å². The number of rotatable bonds is 11. The van der Waals surface area contributed by atoms with Crippen molar-refractivity contribution in [2.45, 2.75) is 59.3 Å². The van der Waals surface area contributed by atoms with Crippen LogP contribution in [0.15, 0.2) is 73.0 Å². The number of pyridine rings is 1. The van der Waals surface area contributed by atoms with Crippen LogP contribution in [0.4, 0.5) is 0 Å². The fraction of sp³-hybridized carbons (Fsp3) is 0.333. The van der Waals surface area contributed by atoms with E-state index in [9.17, 15) is 0 Å². The topological polar surface area (TPSA) is 37.8 Å². The summed E-state index contributed by atoms with van der Waals surface area (Å²) in [5, 5.41) is 6.27. The van der Waals surface area contributed by atoms with Crippen molar-refractivity contribution in [1.82, 2.24) is 15.3 Å². The standard InChI is InChI=1S/C25H29N3S.C2H6.H2/c1-4-5-6-7-9-21-11-13-22(14-12-21)16-19(2)27-20(3)24-18-29-25(28-24)23-10-8-15-26-17-23;1-2;/h8,10-15,17-18,27H,2-7,9,16H2,1H3;1-2H3;1H. The van der Waals surface area contributed by atoms with E-state index in [-0.39, 0.29) is 1.43 Å². The van der Waals surface area contributed by atoms with Gasteiger partial charge in [0.25, 0.3) is 0 Å². The smallest absolute Gasteiger partial charge is 0.125 e. The molecule has 3 nitrogen and oxygen atoms in total. The van der Waals surface area contributed by atoms with Crippen molar-refractivity contribution in [2.24, 2.45) is 0 Å². The van der Waals surface area contributed by atoms with Gasteiger partial charge in [-0.15, -0.1) is 11.3 Å². The van der Waals surface area contributed by atoms with Gasteiger partial charge in [0.05, 0.1) is 11.4 Å². The predicted octanol–water partition coefficient (Wildman–Crippen LogP) is 7.92. The lowest BCUT2D eigenvalue weighted by Crippen LogP contribution is -2.12. The third-order valence-corrected chi connectivity index (χ3v) is 5.70. The molecular weight excluding hydrogens is 398 g/mol. The quantitative estimate of drug-likeness (QED) is 0.311. The van der Waals surface area contributed by atoms with E-state index in [0.717, 1.165) is 34.1 Å². The van der Waals surface area contributed by atoms with Gasteiger partial charge in [-0.1, -0.05) is 77.5 Å². The molecule has 0 saturated carbocycles. The van der Waals surface area contributed by atoms with Crippen LogP contribution in [-0.2, 0) is 12.8 Å². The van der Waals surface area contributed by atoms with Crippen LogP contribution >= 0.6 is 11.3 Å². The monoisotopic (exact) mass is 435 g/mol. The largest absolute Gasteiger partial charge is 0.358 e. The third-order valence-electron chi connectivity index (χ3n) is 4.81. The molecule has 0 atom stereocenters. The maximum atomic E-state index is 4.67. The molecule has 2 aromatic heterocycles. The molecule has 0 saturated heterocycles. The van der Waals surface area contributed by atoms with E-state index < -0.39 is 0 Å². The summed E-state index contributed by atoms with van der Waals surface area (Å²) in [7, 11) is 0. The first kappa shape index (κ1) is 24.5. The Morgan fingerprint density at radius 3 is 2.45 bits per heavy atom. The molecule has 0 unspecified atom stereocenters. The summed E-state index contributed by atoms with van der Waals surface area (Å²) in [5.41, 5.74) is 6.22. The molecule has 4 heteroatoms. The predicted molar refractivity (Wildman–Crippen MR) is 138 cm³/mol. The average Bonchev–Trinajstić information content (AvgIpc) is 3.30. The number of nitrogens with one attached hydrogen (secondary N) is 1. The minimum absolute atomic E-state index is 0. The van der Waals surface area contributed by atoms with Gasteiger partial charge in [-0.3, -0.25) is 4.98 Å². The van der Waals surface area contributed by atoms with Crippen molar-refractivity contribution < 1.29 is 1.43 Å². The summed E-state index contributed by atoms with van der Waals surface area (Å²) >= 11 is 1.59. The van der Waals surface area contributed by atoms with E-state index in [2.05, 4.69) is 59.6 Å². The Morgan fingerprint density at radius 1 is 1.03 bits per heavy atom. The molecule has 166 valence electrons. The number of nitrogens with zero attached hydrogens (tertiary/aromatic N) is 2. The average molecular weight is 436 g/mol. The lowest BCUT2D eigenvalue weighted by molar-refractivity contribution is 0.667. The molecule has 2 heterocycles. The molecule has 31 heavy (non-hydrogen) atoms. The lowest BCUT2D eigenvalue weighted by atomic mass is 10.0. The third kappa shape index (κ3) is 8.14. The van der Waals surface area contributed by atoms with Gasteiger partial charge in [-0.25, -0.2) is 4.98 Å². The second kappa shape index (κ2) is 13.6. The Bertz CT molecular complexity index is 933. The number of aromatic nitrogens is 2. The van der Waals surface area contributed by atoms with E-state index in [4.69, 9.17) is 0 Å². The van der Waals surface area contributed by atoms with Gasteiger partial charge in [-0.2, -0.15) is 0 Å². The van der Waals surface area contributed by atoms with Crippen LogP contribution in [0, 0.1) is 0 Å². The van der Waals surface area contributed by atoms with Gasteiger partial charge in [0.15, 0.2) is 0 Å². The maximum Gasteiger partial charge on any atom is 0.125 e. The van der Waals surface area contributed by atoms with Crippen LogP contribution in [0.3, 0.4) is 0 Å². The van der Waals surface area contributed by atoms with E-state index in [0.29, 0.717) is 0 Å². The van der Waals surface area contributed by atoms with Crippen molar-refractivity contribution >= 4 is 17.0 Å². The second-order valence-electron chi connectivity index (χ2n) is 7.29. The fourth-order valence-corrected chi connectivity index (χ4v) is 4.01. The van der Waals surface area contributed by atoms with Crippen LogP contribution in [0.25, 0.3) is 16.3 Å². The Kier molecular flexibility index (Phi) is 10.7. The zero-order valence-electron chi connectivity index (χ0n) is 19.2. The number of hydrogen-bond donors (Lipinski definition) is 1. The van der Waals surface area contributed by atoms with E-state index >= 15 is 0 Å². The van der Waals surface area contributed by atoms with Gasteiger partial charge in [0.1, 0.15) is 5.01 Å². The molecule has 0 fully saturated rings. The molecule has 0 bridgehead atoms. The molecular formula is C27H37N3S. The molecule has 3 rings (SSSR count). The highest BCUT2D eigenvalue weighted by Crippen LogP contribution is 2.25. The van der Waals surface area contributed by atoms with Gasteiger partial charge in [0.2, 0.25) is 0 Å². The number of aryl methyl sites for hydroxylation is 1. The molecule has 0 radical (unpaired) electrons. The molecule has 0 aliphatic heterocycles. The number of thiazole rings is 1. The normalized spacial score (nSPS) is 10.2. The van der Waals surface area contributed by atoms with Crippen molar-refractivity contribution in [1.29, 1.82) is 0 Å². The Balaban J connectivity index is 0.00000166. The van der Waals surface area contributed by atoms with Crippen LogP contribution in [0.1, 0.15) is 64.7 Å². The Hall–Kier alpha value is -2.72. The number of allylic oxidation sites excluding steroid dienone is 1. The van der Waals surface area contributed by atoms with Gasteiger partial charge < -0.3 is 5.32 Å². The molecule has 0 amide bonds. The first-order valence-electron chi connectivity index (χ1n) is 11.2. The summed E-state index contributed by atoms with van der Waals surface area (Å²) < 4.78 is 0. The van der Waals surface area contributed by atoms with E-state index in [1.165, 1.54) is 43.2 Å². The molecule has 1 N–H and O–H groups in total. The number of hydrogen-bond acceptors (Lipinski definition) is 4. The highest BCUT2D eigenvalue weighted by Gasteiger charge is 2.08. The van der Waals surface area contributed by atoms with E-state index in [1.54, 1.807) is 17.5 Å².